The van der Waals surface area contributed by atoms with Crippen LogP contribution in [0.1, 0.15) is 47.2 Å². The number of carbonyl (C=O) groups is 2. The van der Waals surface area contributed by atoms with E-state index in [1.807, 2.05) is 13.8 Å². The highest BCUT2D eigenvalue weighted by Gasteiger charge is 2.20. The largest absolute Gasteiger partial charge is 0.480 e. The lowest BCUT2D eigenvalue weighted by molar-refractivity contribution is -0.137. The van der Waals surface area contributed by atoms with Crippen molar-refractivity contribution >= 4 is 23.0 Å². The number of amides is 1. The summed E-state index contributed by atoms with van der Waals surface area (Å²) < 4.78 is 6.40. The molecule has 26 heavy (non-hydrogen) atoms. The van der Waals surface area contributed by atoms with E-state index in [1.165, 1.54) is 10.9 Å². The number of carboxylic acids is 1. The van der Waals surface area contributed by atoms with Gasteiger partial charge in [-0.2, -0.15) is 0 Å². The first kappa shape index (κ1) is 17.5. The number of rotatable bonds is 6. The van der Waals surface area contributed by atoms with Crippen molar-refractivity contribution in [3.05, 3.63) is 34.9 Å². The molecule has 10 nitrogen and oxygen atoms in total. The van der Waals surface area contributed by atoms with E-state index in [0.29, 0.717) is 28.1 Å². The Labute approximate surface area is 148 Å². The van der Waals surface area contributed by atoms with Gasteiger partial charge in [-0.1, -0.05) is 24.2 Å². The molecule has 3 heterocycles. The summed E-state index contributed by atoms with van der Waals surface area (Å²) in [5.74, 6) is -1.22. The van der Waals surface area contributed by atoms with Crippen molar-refractivity contribution in [3.8, 4) is 0 Å². The number of carbonyl (C=O) groups excluding carboxylic acids is 1. The van der Waals surface area contributed by atoms with E-state index in [0.717, 1.165) is 5.69 Å². The Morgan fingerprint density at radius 1 is 1.38 bits per heavy atom. The Balaban J connectivity index is 1.82. The van der Waals surface area contributed by atoms with Gasteiger partial charge in [-0.3, -0.25) is 9.59 Å². The first-order chi connectivity index (χ1) is 12.3. The zero-order valence-electron chi connectivity index (χ0n) is 14.6. The number of aliphatic carboxylic acids is 1. The van der Waals surface area contributed by atoms with Crippen LogP contribution in [0.3, 0.4) is 0 Å². The summed E-state index contributed by atoms with van der Waals surface area (Å²) >= 11 is 0. The predicted octanol–water partition coefficient (Wildman–Crippen LogP) is 1.26. The number of nitrogens with one attached hydrogen (secondary N) is 1. The zero-order valence-corrected chi connectivity index (χ0v) is 14.6. The van der Waals surface area contributed by atoms with E-state index in [9.17, 15) is 9.59 Å². The zero-order chi connectivity index (χ0) is 18.8. The molecule has 10 heteroatoms. The quantitative estimate of drug-likeness (QED) is 0.672. The smallest absolute Gasteiger partial charge is 0.325 e. The van der Waals surface area contributed by atoms with Crippen LogP contribution < -0.4 is 5.32 Å². The van der Waals surface area contributed by atoms with Gasteiger partial charge in [0.2, 0.25) is 0 Å². The average molecular weight is 358 g/mol. The van der Waals surface area contributed by atoms with Crippen LogP contribution in [0.15, 0.2) is 16.8 Å². The van der Waals surface area contributed by atoms with Gasteiger partial charge in [0.25, 0.3) is 11.6 Å². The fraction of sp³-hybridized carbons (Fsp3) is 0.375. The molecule has 0 aliphatic carbocycles. The van der Waals surface area contributed by atoms with E-state index in [1.54, 1.807) is 13.0 Å². The third-order valence-electron chi connectivity index (χ3n) is 3.79. The second-order valence-corrected chi connectivity index (χ2v) is 6.18. The molecule has 3 rings (SSSR count). The third-order valence-corrected chi connectivity index (χ3v) is 3.79. The molecule has 1 amide bonds. The standard InChI is InChI=1S/C16H18N6O4/c1-8(2)12-4-11(14-9(3)20-26-16(14)18-12)15(25)17-5-10-6-22(21-19-10)7-13(23)24/h4,6,8H,5,7H2,1-3H3,(H,17,25)(H,23,24). The highest BCUT2D eigenvalue weighted by molar-refractivity contribution is 6.06. The topological polar surface area (TPSA) is 136 Å². The summed E-state index contributed by atoms with van der Waals surface area (Å²) in [5.41, 5.74) is 2.52. The number of carboxylic acid groups (broad SMARTS) is 1. The molecule has 0 saturated heterocycles. The van der Waals surface area contributed by atoms with Crippen molar-refractivity contribution in [1.29, 1.82) is 0 Å². The van der Waals surface area contributed by atoms with Crippen LogP contribution in [0.25, 0.3) is 11.1 Å². The molecule has 0 aromatic carbocycles. The van der Waals surface area contributed by atoms with Gasteiger partial charge in [0.15, 0.2) is 0 Å². The molecule has 0 saturated carbocycles. The normalized spacial score (nSPS) is 11.2. The lowest BCUT2D eigenvalue weighted by Crippen LogP contribution is -2.23. The van der Waals surface area contributed by atoms with Crippen LogP contribution in [-0.4, -0.2) is 42.1 Å². The molecule has 0 aliphatic rings. The minimum absolute atomic E-state index is 0.115. The first-order valence-electron chi connectivity index (χ1n) is 8.01. The molecule has 0 atom stereocenters. The third kappa shape index (κ3) is 3.53. The molecule has 0 bridgehead atoms. The van der Waals surface area contributed by atoms with Gasteiger partial charge < -0.3 is 14.9 Å². The molecule has 3 aromatic rings. The Bertz CT molecular complexity index is 974. The fourth-order valence-electron chi connectivity index (χ4n) is 2.49. The first-order valence-corrected chi connectivity index (χ1v) is 8.01. The van der Waals surface area contributed by atoms with E-state index < -0.39 is 5.97 Å². The Morgan fingerprint density at radius 2 is 2.15 bits per heavy atom. The Morgan fingerprint density at radius 3 is 2.85 bits per heavy atom. The number of fused-ring (bicyclic) bond motifs is 1. The van der Waals surface area contributed by atoms with Crippen molar-refractivity contribution < 1.29 is 19.2 Å². The van der Waals surface area contributed by atoms with Crippen molar-refractivity contribution in [2.45, 2.75) is 39.8 Å². The summed E-state index contributed by atoms with van der Waals surface area (Å²) in [6.07, 6.45) is 1.47. The summed E-state index contributed by atoms with van der Waals surface area (Å²) in [7, 11) is 0. The summed E-state index contributed by atoms with van der Waals surface area (Å²) in [6, 6.07) is 1.73. The van der Waals surface area contributed by atoms with Crippen LogP contribution in [0.4, 0.5) is 0 Å². The minimum atomic E-state index is -1.02. The SMILES string of the molecule is Cc1noc2nc(C(C)C)cc(C(=O)NCc3cn(CC(=O)O)nn3)c12. The van der Waals surface area contributed by atoms with E-state index in [-0.39, 0.29) is 24.9 Å². The highest BCUT2D eigenvalue weighted by atomic mass is 16.5. The summed E-state index contributed by atoms with van der Waals surface area (Å²) in [6.45, 7) is 5.52. The monoisotopic (exact) mass is 358 g/mol. The molecule has 3 aromatic heterocycles. The van der Waals surface area contributed by atoms with Crippen LogP contribution in [0.5, 0.6) is 0 Å². The number of aromatic nitrogens is 5. The van der Waals surface area contributed by atoms with E-state index in [4.69, 9.17) is 9.63 Å². The van der Waals surface area contributed by atoms with Crippen LogP contribution in [-0.2, 0) is 17.9 Å². The van der Waals surface area contributed by atoms with Crippen LogP contribution in [0.2, 0.25) is 0 Å². The molecular formula is C16H18N6O4. The Kier molecular flexibility index (Phi) is 4.65. The van der Waals surface area contributed by atoms with Crippen molar-refractivity contribution in [3.63, 3.8) is 0 Å². The maximum absolute atomic E-state index is 12.7. The number of hydrogen-bond donors (Lipinski definition) is 2. The second kappa shape index (κ2) is 6.90. The molecule has 0 aliphatic heterocycles. The lowest BCUT2D eigenvalue weighted by Gasteiger charge is -2.09. The molecule has 2 N–H and O–H groups in total. The molecule has 0 radical (unpaired) electrons. The Hall–Kier alpha value is -3.30. The van der Waals surface area contributed by atoms with Gasteiger partial charge in [-0.25, -0.2) is 9.67 Å². The van der Waals surface area contributed by atoms with Gasteiger partial charge >= 0.3 is 5.97 Å². The van der Waals surface area contributed by atoms with Gasteiger partial charge in [-0.15, -0.1) is 5.10 Å². The van der Waals surface area contributed by atoms with Gasteiger partial charge in [0.05, 0.1) is 29.4 Å². The van der Waals surface area contributed by atoms with Crippen molar-refractivity contribution in [1.82, 2.24) is 30.5 Å². The summed E-state index contributed by atoms with van der Waals surface area (Å²) in [5, 5.41) is 23.5. The minimum Gasteiger partial charge on any atom is -0.480 e. The second-order valence-electron chi connectivity index (χ2n) is 6.18. The molecule has 0 fully saturated rings. The molecule has 0 spiro atoms. The van der Waals surface area contributed by atoms with E-state index in [2.05, 4.69) is 25.8 Å². The van der Waals surface area contributed by atoms with Gasteiger partial charge in [-0.05, 0) is 18.9 Å². The maximum atomic E-state index is 12.7. The van der Waals surface area contributed by atoms with Gasteiger partial charge in [0.1, 0.15) is 12.2 Å². The number of nitrogens with zero attached hydrogens (tertiary/aromatic N) is 5. The fourth-order valence-corrected chi connectivity index (χ4v) is 2.49. The summed E-state index contributed by atoms with van der Waals surface area (Å²) in [4.78, 5) is 27.7. The molecular weight excluding hydrogens is 340 g/mol. The van der Waals surface area contributed by atoms with Crippen LogP contribution >= 0.6 is 0 Å². The van der Waals surface area contributed by atoms with Crippen molar-refractivity contribution in [2.75, 3.05) is 0 Å². The maximum Gasteiger partial charge on any atom is 0.325 e. The van der Waals surface area contributed by atoms with Gasteiger partial charge in [0, 0.05) is 5.69 Å². The van der Waals surface area contributed by atoms with E-state index >= 15 is 0 Å². The average Bonchev–Trinajstić information content (AvgIpc) is 3.18. The molecule has 0 unspecified atom stereocenters. The van der Waals surface area contributed by atoms with Crippen LogP contribution in [0, 0.1) is 6.92 Å². The number of hydrogen-bond acceptors (Lipinski definition) is 7. The lowest BCUT2D eigenvalue weighted by atomic mass is 10.0. The number of pyridine rings is 1. The highest BCUT2D eigenvalue weighted by Crippen LogP contribution is 2.25. The number of aryl methyl sites for hydroxylation is 1. The predicted molar refractivity (Wildman–Crippen MR) is 89.5 cm³/mol. The molecule has 136 valence electrons. The van der Waals surface area contributed by atoms with Crippen molar-refractivity contribution in [2.24, 2.45) is 0 Å².